The predicted octanol–water partition coefficient (Wildman–Crippen LogP) is 1.64. The zero-order chi connectivity index (χ0) is 17.1. The van der Waals surface area contributed by atoms with Crippen molar-refractivity contribution in [2.24, 2.45) is 0 Å². The lowest BCUT2D eigenvalue weighted by molar-refractivity contribution is -0.127. The van der Waals surface area contributed by atoms with Crippen LogP contribution in [0.4, 0.5) is 0 Å². The third-order valence-electron chi connectivity index (χ3n) is 4.27. The van der Waals surface area contributed by atoms with Gasteiger partial charge >= 0.3 is 0 Å². The maximum absolute atomic E-state index is 12.8. The largest absolute Gasteiger partial charge is 0.383 e. The van der Waals surface area contributed by atoms with Crippen LogP contribution in [0.5, 0.6) is 0 Å². The molecule has 3 rings (SSSR count). The second kappa shape index (κ2) is 7.93. The molecule has 1 amide bonds. The molecule has 0 aliphatic carbocycles. The van der Waals surface area contributed by atoms with Crippen molar-refractivity contribution in [2.45, 2.75) is 48.0 Å². The highest BCUT2D eigenvalue weighted by atomic mass is 32.2. The summed E-state index contributed by atoms with van der Waals surface area (Å²) >= 11 is 2.97. The van der Waals surface area contributed by atoms with Crippen molar-refractivity contribution < 1.29 is 9.53 Å². The second-order valence-electron chi connectivity index (χ2n) is 6.13. The first-order chi connectivity index (χ1) is 11.6. The normalized spacial score (nSPS) is 19.8. The van der Waals surface area contributed by atoms with Crippen molar-refractivity contribution in [2.75, 3.05) is 32.6 Å². The number of thioether (sulfide) groups is 2. The summed E-state index contributed by atoms with van der Waals surface area (Å²) in [6.45, 7) is 4.72. The number of hydrogen-bond acceptors (Lipinski definition) is 6. The number of nitrogens with zero attached hydrogens (tertiary/aromatic N) is 3. The van der Waals surface area contributed by atoms with Crippen molar-refractivity contribution in [1.29, 1.82) is 0 Å². The quantitative estimate of drug-likeness (QED) is 0.561. The summed E-state index contributed by atoms with van der Waals surface area (Å²) in [7, 11) is 1.62. The van der Waals surface area contributed by atoms with E-state index in [1.165, 1.54) is 11.8 Å². The number of rotatable bonds is 6. The molecule has 1 fully saturated rings. The number of carbonyl (C=O) groups is 1. The predicted molar refractivity (Wildman–Crippen MR) is 95.9 cm³/mol. The fourth-order valence-corrected chi connectivity index (χ4v) is 5.06. The second-order valence-corrected chi connectivity index (χ2v) is 8.52. The van der Waals surface area contributed by atoms with Gasteiger partial charge in [-0.05, 0) is 12.8 Å². The maximum atomic E-state index is 12.8. The molecule has 2 aliphatic rings. The number of ether oxygens (including phenoxy) is 1. The molecule has 1 atom stereocenters. The minimum atomic E-state index is 0.00233. The molecule has 24 heavy (non-hydrogen) atoms. The van der Waals surface area contributed by atoms with E-state index in [0.29, 0.717) is 29.3 Å². The third-order valence-corrected chi connectivity index (χ3v) is 6.44. The van der Waals surface area contributed by atoms with Crippen LogP contribution >= 0.6 is 23.5 Å². The topological polar surface area (TPSA) is 64.4 Å². The van der Waals surface area contributed by atoms with Crippen molar-refractivity contribution in [1.82, 2.24) is 14.5 Å². The van der Waals surface area contributed by atoms with Gasteiger partial charge in [0.15, 0.2) is 5.16 Å². The zero-order valence-electron chi connectivity index (χ0n) is 14.1. The summed E-state index contributed by atoms with van der Waals surface area (Å²) in [6.07, 6.45) is 2.98. The van der Waals surface area contributed by atoms with Crippen molar-refractivity contribution in [3.05, 3.63) is 16.0 Å². The minimum Gasteiger partial charge on any atom is -0.383 e. The van der Waals surface area contributed by atoms with Gasteiger partial charge in [0.25, 0.3) is 5.56 Å². The zero-order valence-corrected chi connectivity index (χ0v) is 15.8. The molecule has 0 aromatic carbocycles. The van der Waals surface area contributed by atoms with Gasteiger partial charge < -0.3 is 9.64 Å². The van der Waals surface area contributed by atoms with Gasteiger partial charge in [0.2, 0.25) is 5.91 Å². The van der Waals surface area contributed by atoms with Crippen LogP contribution in [0.15, 0.2) is 14.8 Å². The third kappa shape index (κ3) is 3.81. The number of carbonyl (C=O) groups excluding carboxylic acids is 1. The van der Waals surface area contributed by atoms with Crippen LogP contribution in [0, 0.1) is 0 Å². The van der Waals surface area contributed by atoms with Crippen LogP contribution in [0.25, 0.3) is 0 Å². The smallest absolute Gasteiger partial charge is 0.268 e. The number of likely N-dealkylation sites (tertiary alicyclic amines) is 1. The summed E-state index contributed by atoms with van der Waals surface area (Å²) in [6, 6.07) is 0. The molecule has 0 spiro atoms. The summed E-state index contributed by atoms with van der Waals surface area (Å²) in [4.78, 5) is 32.4. The molecule has 0 bridgehead atoms. The number of fused-ring (bicyclic) bond motifs is 1. The molecule has 2 aliphatic heterocycles. The Balaban J connectivity index is 1.80. The minimum absolute atomic E-state index is 0.00233. The Hall–Kier alpha value is -0.990. The fraction of sp³-hybridized carbons (Fsp3) is 0.688. The van der Waals surface area contributed by atoms with Crippen LogP contribution in [-0.2, 0) is 22.5 Å². The lowest BCUT2D eigenvalue weighted by atomic mass is 10.2. The highest BCUT2D eigenvalue weighted by Gasteiger charge is 2.27. The molecular weight excluding hydrogens is 346 g/mol. The van der Waals surface area contributed by atoms with E-state index in [2.05, 4.69) is 6.92 Å². The first-order valence-corrected chi connectivity index (χ1v) is 10.2. The lowest BCUT2D eigenvalue weighted by Gasteiger charge is -2.16. The highest BCUT2D eigenvalue weighted by molar-refractivity contribution is 8.00. The molecule has 0 saturated carbocycles. The van der Waals surface area contributed by atoms with Crippen molar-refractivity contribution >= 4 is 29.4 Å². The van der Waals surface area contributed by atoms with Crippen LogP contribution in [0.2, 0.25) is 0 Å². The Labute approximate surface area is 150 Å². The number of methoxy groups -OCH3 is 1. The van der Waals surface area contributed by atoms with Crippen molar-refractivity contribution in [3.8, 4) is 0 Å². The molecule has 8 heteroatoms. The molecule has 1 aromatic rings. The molecule has 0 N–H and O–H groups in total. The summed E-state index contributed by atoms with van der Waals surface area (Å²) in [5.41, 5.74) is 0.879. The van der Waals surface area contributed by atoms with Gasteiger partial charge in [0, 0.05) is 31.9 Å². The van der Waals surface area contributed by atoms with E-state index in [-0.39, 0.29) is 11.5 Å². The summed E-state index contributed by atoms with van der Waals surface area (Å²) in [5.74, 6) is 0.467. The average molecular weight is 370 g/mol. The van der Waals surface area contributed by atoms with Crippen molar-refractivity contribution in [3.63, 3.8) is 0 Å². The van der Waals surface area contributed by atoms with E-state index >= 15 is 0 Å². The van der Waals surface area contributed by atoms with E-state index in [0.717, 1.165) is 42.9 Å². The van der Waals surface area contributed by atoms with Gasteiger partial charge in [-0.1, -0.05) is 18.7 Å². The Morgan fingerprint density at radius 2 is 2.17 bits per heavy atom. The van der Waals surface area contributed by atoms with E-state index in [4.69, 9.17) is 9.72 Å². The molecule has 1 saturated heterocycles. The van der Waals surface area contributed by atoms with E-state index in [9.17, 15) is 9.59 Å². The molecular formula is C16H23N3O3S2. The Bertz CT molecular complexity index is 671. The molecule has 1 unspecified atom stereocenters. The van der Waals surface area contributed by atoms with Crippen LogP contribution in [-0.4, -0.2) is 58.2 Å². The van der Waals surface area contributed by atoms with E-state index < -0.39 is 0 Å². The summed E-state index contributed by atoms with van der Waals surface area (Å²) < 4.78 is 6.79. The Kier molecular flexibility index (Phi) is 5.89. The molecule has 132 valence electrons. The summed E-state index contributed by atoms with van der Waals surface area (Å²) in [5, 5.41) is 1.01. The van der Waals surface area contributed by atoms with Gasteiger partial charge in [0.1, 0.15) is 0 Å². The molecule has 3 heterocycles. The van der Waals surface area contributed by atoms with Gasteiger partial charge in [-0.3, -0.25) is 14.2 Å². The Morgan fingerprint density at radius 1 is 1.42 bits per heavy atom. The molecule has 1 aromatic heterocycles. The van der Waals surface area contributed by atoms with Crippen LogP contribution in [0.1, 0.15) is 25.5 Å². The average Bonchev–Trinajstić information content (AvgIpc) is 3.21. The highest BCUT2D eigenvalue weighted by Crippen LogP contribution is 2.34. The fourth-order valence-electron chi connectivity index (χ4n) is 3.01. The molecule has 6 nitrogen and oxygen atoms in total. The first-order valence-electron chi connectivity index (χ1n) is 8.30. The SMILES string of the molecule is COCCn1c(SCC(=O)N2CCCC2)nc2c(c1=O)SC(C)C2. The van der Waals surface area contributed by atoms with Crippen LogP contribution in [0.3, 0.4) is 0 Å². The monoisotopic (exact) mass is 369 g/mol. The van der Waals surface area contributed by atoms with Gasteiger partial charge in [-0.25, -0.2) is 4.98 Å². The number of amides is 1. The standard InChI is InChI=1S/C16H23N3O3S2/c1-11-9-12-14(24-11)15(21)19(7-8-22-2)16(17-12)23-10-13(20)18-5-3-4-6-18/h11H,3-10H2,1-2H3. The molecule has 0 radical (unpaired) electrons. The first kappa shape index (κ1) is 17.8. The van der Waals surface area contributed by atoms with Gasteiger partial charge in [-0.2, -0.15) is 0 Å². The van der Waals surface area contributed by atoms with E-state index in [1.807, 2.05) is 4.90 Å². The van der Waals surface area contributed by atoms with E-state index in [1.54, 1.807) is 23.4 Å². The number of hydrogen-bond donors (Lipinski definition) is 0. The van der Waals surface area contributed by atoms with Gasteiger partial charge in [-0.15, -0.1) is 11.8 Å². The lowest BCUT2D eigenvalue weighted by Crippen LogP contribution is -2.30. The van der Waals surface area contributed by atoms with Gasteiger partial charge in [0.05, 0.1) is 29.5 Å². The van der Waals surface area contributed by atoms with Crippen LogP contribution < -0.4 is 5.56 Å². The Morgan fingerprint density at radius 3 is 2.88 bits per heavy atom. The maximum Gasteiger partial charge on any atom is 0.268 e. The number of aromatic nitrogens is 2.